The fraction of sp³-hybridized carbons (Fsp3) is 0.700. The number of ether oxygens (including phenoxy) is 1. The Morgan fingerprint density at radius 3 is 2.62 bits per heavy atom. The monoisotopic (exact) mass is 244 g/mol. The van der Waals surface area contributed by atoms with Gasteiger partial charge in [-0.2, -0.15) is 0 Å². The van der Waals surface area contributed by atoms with Gasteiger partial charge in [0.05, 0.1) is 5.60 Å². The quantitative estimate of drug-likeness (QED) is 0.483. The Hall–Kier alpha value is -0.150. The number of carbonyl (C=O) groups is 1. The molecule has 0 N–H and O–H groups in total. The highest BCUT2D eigenvalue weighted by Crippen LogP contribution is 2.50. The van der Waals surface area contributed by atoms with Crippen LogP contribution in [0.25, 0.3) is 0 Å². The molecule has 1 fully saturated rings. The van der Waals surface area contributed by atoms with Gasteiger partial charge >= 0.3 is 0 Å². The molecule has 0 spiro atoms. The summed E-state index contributed by atoms with van der Waals surface area (Å²) in [5.41, 5.74) is -0.865. The van der Waals surface area contributed by atoms with Gasteiger partial charge in [-0.05, 0) is 20.8 Å². The Labute approximate surface area is 86.5 Å². The fourth-order valence-corrected chi connectivity index (χ4v) is 2.35. The zero-order chi connectivity index (χ0) is 9.91. The van der Waals surface area contributed by atoms with Gasteiger partial charge in [-0.15, -0.1) is 0 Å². The van der Waals surface area contributed by atoms with Gasteiger partial charge in [0.1, 0.15) is 9.93 Å². The van der Waals surface area contributed by atoms with Gasteiger partial charge in [0.15, 0.2) is 5.78 Å². The lowest BCUT2D eigenvalue weighted by Crippen LogP contribution is -2.57. The summed E-state index contributed by atoms with van der Waals surface area (Å²) >= 11 is 3.47. The fourth-order valence-electron chi connectivity index (χ4n) is 2.00. The summed E-state index contributed by atoms with van der Waals surface area (Å²) in [6.45, 7) is 5.78. The van der Waals surface area contributed by atoms with Crippen LogP contribution in [0.4, 0.5) is 0 Å². The van der Waals surface area contributed by atoms with E-state index in [0.29, 0.717) is 6.42 Å². The molecule has 0 aromatic carbocycles. The molecule has 3 atom stereocenters. The molecule has 2 nitrogen and oxygen atoms in total. The second-order valence-corrected chi connectivity index (χ2v) is 6.04. The zero-order valence-electron chi connectivity index (χ0n) is 8.06. The molecule has 0 saturated carbocycles. The summed E-state index contributed by atoms with van der Waals surface area (Å²) in [6.07, 6.45) is 4.45. The maximum absolute atomic E-state index is 11.8. The topological polar surface area (TPSA) is 26.3 Å². The summed E-state index contributed by atoms with van der Waals surface area (Å²) in [5.74, 6) is 0.216. The third-order valence-corrected chi connectivity index (χ3v) is 4.40. The number of ketones is 1. The highest BCUT2D eigenvalue weighted by molar-refractivity contribution is 9.10. The van der Waals surface area contributed by atoms with Gasteiger partial charge in [0.2, 0.25) is 0 Å². The van der Waals surface area contributed by atoms with Gasteiger partial charge in [0, 0.05) is 6.42 Å². The van der Waals surface area contributed by atoms with Crippen molar-refractivity contribution in [3.05, 3.63) is 12.2 Å². The number of fused-ring (bicyclic) bond motifs is 2. The molecule has 0 aliphatic carbocycles. The van der Waals surface area contributed by atoms with Crippen molar-refractivity contribution in [1.29, 1.82) is 0 Å². The van der Waals surface area contributed by atoms with Crippen LogP contribution in [0.2, 0.25) is 0 Å². The molecule has 2 heterocycles. The van der Waals surface area contributed by atoms with E-state index in [4.69, 9.17) is 4.74 Å². The van der Waals surface area contributed by atoms with Crippen molar-refractivity contribution in [1.82, 2.24) is 0 Å². The van der Waals surface area contributed by atoms with Crippen LogP contribution in [-0.4, -0.2) is 21.3 Å². The third-order valence-electron chi connectivity index (χ3n) is 3.17. The van der Waals surface area contributed by atoms with Gasteiger partial charge in [-0.3, -0.25) is 4.79 Å². The molecule has 72 valence electrons. The normalized spacial score (nSPS) is 54.3. The predicted octanol–water partition coefficient (Wildman–Crippen LogP) is 2.22. The van der Waals surface area contributed by atoms with Crippen molar-refractivity contribution in [3.8, 4) is 0 Å². The second kappa shape index (κ2) is 2.26. The lowest BCUT2D eigenvalue weighted by atomic mass is 9.83. The van der Waals surface area contributed by atoms with Gasteiger partial charge in [-0.1, -0.05) is 28.1 Å². The highest BCUT2D eigenvalue weighted by Gasteiger charge is 2.58. The Balaban J connectivity index is 2.49. The molecule has 13 heavy (non-hydrogen) atoms. The zero-order valence-corrected chi connectivity index (χ0v) is 9.64. The first-order valence-corrected chi connectivity index (χ1v) is 5.21. The molecular weight excluding hydrogens is 232 g/mol. The second-order valence-electron chi connectivity index (χ2n) is 4.46. The molecule has 1 saturated heterocycles. The molecule has 0 aromatic rings. The van der Waals surface area contributed by atoms with Crippen molar-refractivity contribution < 1.29 is 9.53 Å². The van der Waals surface area contributed by atoms with E-state index in [-0.39, 0.29) is 11.4 Å². The number of hydrogen-bond acceptors (Lipinski definition) is 2. The van der Waals surface area contributed by atoms with E-state index in [1.807, 2.05) is 32.9 Å². The van der Waals surface area contributed by atoms with Crippen LogP contribution < -0.4 is 0 Å². The standard InChI is InChI=1S/C10H13BrO2/c1-8-4-5-9(2,13-8)10(3,11)7(12)6-8/h4-5H,6H2,1-3H3/t8-,9-,10+/m1/s1. The number of alkyl halides is 1. The van der Waals surface area contributed by atoms with Gasteiger partial charge in [0.25, 0.3) is 0 Å². The van der Waals surface area contributed by atoms with Crippen LogP contribution in [0.1, 0.15) is 27.2 Å². The Kier molecular flexibility index (Phi) is 1.63. The first-order chi connectivity index (χ1) is 5.79. The molecule has 2 bridgehead atoms. The van der Waals surface area contributed by atoms with Crippen molar-refractivity contribution in [2.45, 2.75) is 42.7 Å². The molecule has 0 unspecified atom stereocenters. The highest BCUT2D eigenvalue weighted by atomic mass is 79.9. The van der Waals surface area contributed by atoms with Gasteiger partial charge < -0.3 is 4.74 Å². The molecule has 2 aliphatic heterocycles. The Bertz CT molecular complexity index is 308. The third kappa shape index (κ3) is 1.07. The van der Waals surface area contributed by atoms with E-state index < -0.39 is 9.93 Å². The van der Waals surface area contributed by atoms with E-state index in [0.717, 1.165) is 0 Å². The Morgan fingerprint density at radius 2 is 2.00 bits per heavy atom. The number of hydrogen-bond donors (Lipinski definition) is 0. The maximum atomic E-state index is 11.8. The van der Waals surface area contributed by atoms with Crippen molar-refractivity contribution >= 4 is 21.7 Å². The average molecular weight is 245 g/mol. The van der Waals surface area contributed by atoms with Crippen molar-refractivity contribution in [2.24, 2.45) is 0 Å². The van der Waals surface area contributed by atoms with E-state index >= 15 is 0 Å². The molecule has 2 aliphatic rings. The number of carbonyl (C=O) groups excluding carboxylic acids is 1. The maximum Gasteiger partial charge on any atom is 0.155 e. The number of halogens is 1. The minimum absolute atomic E-state index is 0.216. The van der Waals surface area contributed by atoms with E-state index in [2.05, 4.69) is 15.9 Å². The average Bonchev–Trinajstić information content (AvgIpc) is 2.25. The largest absolute Gasteiger partial charge is 0.359 e. The van der Waals surface area contributed by atoms with E-state index in [9.17, 15) is 4.79 Å². The molecule has 0 radical (unpaired) electrons. The lowest BCUT2D eigenvalue weighted by molar-refractivity contribution is -0.154. The van der Waals surface area contributed by atoms with Crippen LogP contribution in [0.15, 0.2) is 12.2 Å². The minimum atomic E-state index is -0.577. The van der Waals surface area contributed by atoms with Crippen LogP contribution in [0.3, 0.4) is 0 Å². The molecule has 3 heteroatoms. The van der Waals surface area contributed by atoms with Crippen LogP contribution in [-0.2, 0) is 9.53 Å². The van der Waals surface area contributed by atoms with E-state index in [1.54, 1.807) is 0 Å². The summed E-state index contributed by atoms with van der Waals surface area (Å²) < 4.78 is 5.30. The molecule has 0 amide bonds. The first kappa shape index (κ1) is 9.41. The molecule has 2 rings (SSSR count). The van der Waals surface area contributed by atoms with E-state index in [1.165, 1.54) is 0 Å². The van der Waals surface area contributed by atoms with Crippen molar-refractivity contribution in [3.63, 3.8) is 0 Å². The number of rotatable bonds is 0. The van der Waals surface area contributed by atoms with Crippen LogP contribution in [0, 0.1) is 0 Å². The summed E-state index contributed by atoms with van der Waals surface area (Å²) in [5, 5.41) is 0. The SMILES string of the molecule is C[C@@]12C=C[C@](C)(CC(=O)[C@]1(C)Br)O2. The summed E-state index contributed by atoms with van der Waals surface area (Å²) in [4.78, 5) is 11.8. The predicted molar refractivity (Wildman–Crippen MR) is 54.0 cm³/mol. The van der Waals surface area contributed by atoms with Gasteiger partial charge in [-0.25, -0.2) is 0 Å². The summed E-state index contributed by atoms with van der Waals surface area (Å²) in [6, 6.07) is 0. The first-order valence-electron chi connectivity index (χ1n) is 4.42. The van der Waals surface area contributed by atoms with Crippen LogP contribution in [0.5, 0.6) is 0 Å². The summed E-state index contributed by atoms with van der Waals surface area (Å²) in [7, 11) is 0. The van der Waals surface area contributed by atoms with Crippen molar-refractivity contribution in [2.75, 3.05) is 0 Å². The lowest BCUT2D eigenvalue weighted by Gasteiger charge is -2.45. The minimum Gasteiger partial charge on any atom is -0.359 e. The Morgan fingerprint density at radius 1 is 1.38 bits per heavy atom. The smallest absolute Gasteiger partial charge is 0.155 e. The number of Topliss-reactive ketones (excluding diaryl/α,β-unsaturated/α-hetero) is 1. The molecule has 0 aromatic heterocycles. The van der Waals surface area contributed by atoms with Crippen LogP contribution >= 0.6 is 15.9 Å². The molecular formula is C10H13BrO2.